The molecular weight excluding hydrogens is 747 g/mol. The van der Waals surface area contributed by atoms with Crippen LogP contribution in [0.25, 0.3) is 0 Å². The van der Waals surface area contributed by atoms with Crippen LogP contribution in [0.4, 0.5) is 0 Å². The smallest absolute Gasteiger partial charge is 0.326 e. The van der Waals surface area contributed by atoms with E-state index in [0.29, 0.717) is 57.4 Å². The van der Waals surface area contributed by atoms with Crippen molar-refractivity contribution in [3.8, 4) is 0 Å². The standard InChI is InChI=1S/C32H61N11O9S2/c1-54-15-11-22(40-27(46)19(36)18-53)30(49)43-24(16-25(37)44)31(50)42-21(9-3-6-13-34)29(48)41-20(8-2-5-12-33)28(47)38-17-26(45)39-23(32(51)52)10-4-7-14-35/h19-24,53H,2-18,33-36H2,1H3,(H2,37,44)(H,38,47)(H,39,45)(H,40,46)(H,41,48)(H,42,50)(H,43,49)(H,51,52)/t19-,20-,21-,22-,23-,24-/m0/s1. The lowest BCUT2D eigenvalue weighted by atomic mass is 10.0. The first-order valence-electron chi connectivity index (χ1n) is 17.9. The number of thiol groups is 1. The number of rotatable bonds is 31. The zero-order valence-electron chi connectivity index (χ0n) is 30.9. The van der Waals surface area contributed by atoms with Crippen molar-refractivity contribution in [1.29, 1.82) is 0 Å². The summed E-state index contributed by atoms with van der Waals surface area (Å²) >= 11 is 5.40. The summed E-state index contributed by atoms with van der Waals surface area (Å²) in [4.78, 5) is 102. The van der Waals surface area contributed by atoms with Gasteiger partial charge in [-0.15, -0.1) is 0 Å². The second kappa shape index (κ2) is 29.6. The summed E-state index contributed by atoms with van der Waals surface area (Å²) in [6, 6.07) is -7.30. The van der Waals surface area contributed by atoms with Gasteiger partial charge in [-0.3, -0.25) is 33.6 Å². The van der Waals surface area contributed by atoms with Gasteiger partial charge in [-0.1, -0.05) is 0 Å². The fraction of sp³-hybridized carbons (Fsp3) is 0.750. The Labute approximate surface area is 325 Å². The molecule has 0 saturated heterocycles. The Morgan fingerprint density at radius 2 is 1.04 bits per heavy atom. The van der Waals surface area contributed by atoms with Gasteiger partial charge in [-0.2, -0.15) is 24.4 Å². The largest absolute Gasteiger partial charge is 0.480 e. The number of aliphatic carboxylic acids is 1. The summed E-state index contributed by atoms with van der Waals surface area (Å²) < 4.78 is 0. The van der Waals surface area contributed by atoms with Crippen molar-refractivity contribution < 1.29 is 43.5 Å². The summed E-state index contributed by atoms with van der Waals surface area (Å²) in [6.45, 7) is 0.375. The van der Waals surface area contributed by atoms with Crippen LogP contribution in [0.2, 0.25) is 0 Å². The van der Waals surface area contributed by atoms with Gasteiger partial charge in [0.1, 0.15) is 30.2 Å². The van der Waals surface area contributed by atoms with Gasteiger partial charge in [-0.25, -0.2) is 4.79 Å². The zero-order valence-corrected chi connectivity index (χ0v) is 32.7. The van der Waals surface area contributed by atoms with Crippen molar-refractivity contribution in [3.63, 3.8) is 0 Å². The predicted molar refractivity (Wildman–Crippen MR) is 208 cm³/mol. The van der Waals surface area contributed by atoms with E-state index in [1.807, 2.05) is 0 Å². The number of carboxylic acids is 1. The van der Waals surface area contributed by atoms with Crippen molar-refractivity contribution in [3.05, 3.63) is 0 Å². The first-order valence-corrected chi connectivity index (χ1v) is 19.9. The molecule has 0 spiro atoms. The Morgan fingerprint density at radius 1 is 0.611 bits per heavy atom. The molecule has 7 amide bonds. The first kappa shape index (κ1) is 50.3. The van der Waals surface area contributed by atoms with E-state index in [2.05, 4.69) is 44.5 Å². The van der Waals surface area contributed by atoms with E-state index in [9.17, 15) is 43.5 Å². The first-order chi connectivity index (χ1) is 25.6. The molecule has 0 aliphatic carbocycles. The lowest BCUT2D eigenvalue weighted by Gasteiger charge is -2.26. The Morgan fingerprint density at radius 3 is 1.48 bits per heavy atom. The van der Waals surface area contributed by atoms with E-state index in [1.54, 1.807) is 6.26 Å². The third kappa shape index (κ3) is 21.9. The highest BCUT2D eigenvalue weighted by atomic mass is 32.2. The highest BCUT2D eigenvalue weighted by molar-refractivity contribution is 7.98. The van der Waals surface area contributed by atoms with Crippen LogP contribution < -0.4 is 60.6 Å². The summed E-state index contributed by atoms with van der Waals surface area (Å²) in [5, 5.41) is 24.3. The lowest BCUT2D eigenvalue weighted by Crippen LogP contribution is -2.59. The molecule has 0 aromatic heterocycles. The summed E-state index contributed by atoms with van der Waals surface area (Å²) in [7, 11) is 0. The minimum atomic E-state index is -1.54. The van der Waals surface area contributed by atoms with Gasteiger partial charge in [0.2, 0.25) is 41.4 Å². The van der Waals surface area contributed by atoms with E-state index in [1.165, 1.54) is 11.8 Å². The molecule has 0 aromatic carbocycles. The van der Waals surface area contributed by atoms with Gasteiger partial charge in [0.25, 0.3) is 0 Å². The molecule has 0 aliphatic rings. The highest BCUT2D eigenvalue weighted by Gasteiger charge is 2.32. The van der Waals surface area contributed by atoms with Gasteiger partial charge >= 0.3 is 5.97 Å². The Hall–Kier alpha value is -3.70. The van der Waals surface area contributed by atoms with Gasteiger partial charge in [0.15, 0.2) is 0 Å². The van der Waals surface area contributed by atoms with Crippen LogP contribution >= 0.6 is 24.4 Å². The topological polar surface area (TPSA) is 359 Å². The molecule has 20 nitrogen and oxygen atoms in total. The van der Waals surface area contributed by atoms with Crippen molar-refractivity contribution >= 4 is 71.7 Å². The SMILES string of the molecule is CSCC[C@H](NC(=O)[C@@H](N)CS)C(=O)N[C@@H](CC(N)=O)C(=O)N[C@@H](CCCCN)C(=O)N[C@@H](CCCCN)C(=O)NCC(=O)N[C@@H](CCCCN)C(=O)O. The van der Waals surface area contributed by atoms with Crippen molar-refractivity contribution in [2.75, 3.05) is 43.9 Å². The van der Waals surface area contributed by atoms with Crippen LogP contribution in [0.3, 0.4) is 0 Å². The van der Waals surface area contributed by atoms with Gasteiger partial charge in [0, 0.05) is 5.75 Å². The molecule has 0 fully saturated rings. The molecule has 22 heteroatoms. The number of carbonyl (C=O) groups excluding carboxylic acids is 7. The minimum Gasteiger partial charge on any atom is -0.480 e. The molecule has 310 valence electrons. The maximum Gasteiger partial charge on any atom is 0.326 e. The fourth-order valence-corrected chi connectivity index (χ4v) is 5.54. The van der Waals surface area contributed by atoms with Crippen LogP contribution in [-0.2, 0) is 38.4 Å². The molecule has 0 radical (unpaired) electrons. The predicted octanol–water partition coefficient (Wildman–Crippen LogP) is -4.12. The van der Waals surface area contributed by atoms with E-state index in [0.717, 1.165) is 0 Å². The van der Waals surface area contributed by atoms with Crippen LogP contribution in [0.15, 0.2) is 0 Å². The number of carboxylic acid groups (broad SMARTS) is 1. The molecule has 0 unspecified atom stereocenters. The second-order valence-corrected chi connectivity index (χ2v) is 13.9. The Balaban J connectivity index is 6.02. The highest BCUT2D eigenvalue weighted by Crippen LogP contribution is 2.08. The lowest BCUT2D eigenvalue weighted by molar-refractivity contribution is -0.142. The Bertz CT molecular complexity index is 1220. The molecule has 0 rings (SSSR count). The van der Waals surface area contributed by atoms with Crippen molar-refractivity contribution in [2.24, 2.45) is 28.7 Å². The second-order valence-electron chi connectivity index (χ2n) is 12.5. The van der Waals surface area contributed by atoms with Gasteiger partial charge < -0.3 is 65.7 Å². The molecule has 0 aliphatic heterocycles. The molecule has 17 N–H and O–H groups in total. The van der Waals surface area contributed by atoms with Crippen LogP contribution in [-0.4, -0.2) is 133 Å². The average molecular weight is 808 g/mol. The number of primary amides is 1. The number of unbranched alkanes of at least 4 members (excludes halogenated alkanes) is 3. The third-order valence-electron chi connectivity index (χ3n) is 7.98. The molecule has 6 atom stereocenters. The maximum absolute atomic E-state index is 13.6. The number of hydrogen-bond donors (Lipinski definition) is 13. The minimum absolute atomic E-state index is 0.0110. The number of thioether (sulfide) groups is 1. The fourth-order valence-electron chi connectivity index (χ4n) is 4.90. The van der Waals surface area contributed by atoms with Crippen LogP contribution in [0, 0.1) is 0 Å². The number of hydrogen-bond acceptors (Lipinski definition) is 14. The van der Waals surface area contributed by atoms with Crippen molar-refractivity contribution in [2.45, 2.75) is 107 Å². The normalized spacial score (nSPS) is 14.3. The van der Waals surface area contributed by atoms with Crippen molar-refractivity contribution in [1.82, 2.24) is 31.9 Å². The molecule has 54 heavy (non-hydrogen) atoms. The van der Waals surface area contributed by atoms with E-state index in [4.69, 9.17) is 28.7 Å². The molecule has 0 bridgehead atoms. The summed E-state index contributed by atoms with van der Waals surface area (Å²) in [6.07, 6.45) is 4.43. The monoisotopic (exact) mass is 807 g/mol. The van der Waals surface area contributed by atoms with Crippen LogP contribution in [0.5, 0.6) is 0 Å². The summed E-state index contributed by atoms with van der Waals surface area (Å²) in [5.74, 6) is -6.37. The summed E-state index contributed by atoms with van der Waals surface area (Å²) in [5.41, 5.74) is 27.8. The molecule has 0 saturated carbocycles. The quantitative estimate of drug-likeness (QED) is 0.0234. The maximum atomic E-state index is 13.6. The van der Waals surface area contributed by atoms with Crippen LogP contribution in [0.1, 0.15) is 70.6 Å². The Kier molecular flexibility index (Phi) is 27.6. The number of nitrogens with one attached hydrogen (secondary N) is 6. The molecular formula is C32H61N11O9S2. The molecule has 0 aromatic rings. The van der Waals surface area contributed by atoms with E-state index in [-0.39, 0.29) is 38.0 Å². The zero-order chi connectivity index (χ0) is 41.1. The van der Waals surface area contributed by atoms with E-state index < -0.39 is 96.5 Å². The van der Waals surface area contributed by atoms with Gasteiger partial charge in [-0.05, 0) is 95.9 Å². The number of amides is 7. The number of carbonyl (C=O) groups is 8. The van der Waals surface area contributed by atoms with E-state index >= 15 is 0 Å². The van der Waals surface area contributed by atoms with Gasteiger partial charge in [0.05, 0.1) is 19.0 Å². The third-order valence-corrected chi connectivity index (χ3v) is 9.02. The number of nitrogens with two attached hydrogens (primary N) is 5. The molecule has 0 heterocycles. The average Bonchev–Trinajstić information content (AvgIpc) is 3.13.